The Kier molecular flexibility index (Phi) is 4.43. The largest absolute Gasteiger partial charge is 0.398 e. The zero-order chi connectivity index (χ0) is 14.7. The Hall–Kier alpha value is -1.83. The summed E-state index contributed by atoms with van der Waals surface area (Å²) in [5, 5.41) is 9.17. The molecule has 0 fully saturated rings. The number of carbonyl (C=O) groups excluding carboxylic acids is 1. The van der Waals surface area contributed by atoms with Crippen LogP contribution in [-0.2, 0) is 6.42 Å². The first-order chi connectivity index (χ1) is 9.52. The fraction of sp³-hybridized carbons (Fsp3) is 0.0667. The van der Waals surface area contributed by atoms with Crippen LogP contribution >= 0.6 is 27.5 Å². The van der Waals surface area contributed by atoms with E-state index < -0.39 is 0 Å². The summed E-state index contributed by atoms with van der Waals surface area (Å²) in [6.07, 6.45) is 0.118. The summed E-state index contributed by atoms with van der Waals surface area (Å²) in [4.78, 5) is 12.5. The van der Waals surface area contributed by atoms with Crippen LogP contribution in [0.15, 0.2) is 40.9 Å². The molecule has 0 aliphatic rings. The zero-order valence-corrected chi connectivity index (χ0v) is 12.7. The summed E-state index contributed by atoms with van der Waals surface area (Å²) < 4.78 is 0.887. The van der Waals surface area contributed by atoms with Gasteiger partial charge in [-0.15, -0.1) is 0 Å². The monoisotopic (exact) mass is 348 g/mol. The van der Waals surface area contributed by atoms with E-state index in [1.807, 2.05) is 6.07 Å². The number of ketones is 1. The molecular weight excluding hydrogens is 340 g/mol. The van der Waals surface area contributed by atoms with E-state index in [9.17, 15) is 4.79 Å². The normalized spacial score (nSPS) is 10.1. The SMILES string of the molecule is N#CCc1cc(Cl)cc(C(=O)c2ccc(Br)cc2)c1N. The fourth-order valence-corrected chi connectivity index (χ4v) is 2.36. The number of nitrogens with zero attached hydrogens (tertiary/aromatic N) is 1. The van der Waals surface area contributed by atoms with Gasteiger partial charge in [-0.3, -0.25) is 4.79 Å². The van der Waals surface area contributed by atoms with Crippen LogP contribution in [0.1, 0.15) is 21.5 Å². The number of halogens is 2. The first kappa shape index (κ1) is 14.6. The van der Waals surface area contributed by atoms with Crippen molar-refractivity contribution in [3.05, 3.63) is 62.6 Å². The van der Waals surface area contributed by atoms with Crippen LogP contribution in [0.25, 0.3) is 0 Å². The highest BCUT2D eigenvalue weighted by Crippen LogP contribution is 2.26. The number of nitriles is 1. The van der Waals surface area contributed by atoms with Gasteiger partial charge in [-0.05, 0) is 42.0 Å². The molecule has 0 aliphatic carbocycles. The number of nitrogen functional groups attached to an aromatic ring is 1. The summed E-state index contributed by atoms with van der Waals surface area (Å²) in [6, 6.07) is 12.1. The molecule has 2 aromatic rings. The molecule has 2 N–H and O–H groups in total. The van der Waals surface area contributed by atoms with Crippen molar-refractivity contribution in [2.45, 2.75) is 6.42 Å². The fourth-order valence-electron chi connectivity index (χ4n) is 1.85. The maximum absolute atomic E-state index is 12.5. The number of hydrogen-bond acceptors (Lipinski definition) is 3. The quantitative estimate of drug-likeness (QED) is 0.673. The minimum Gasteiger partial charge on any atom is -0.398 e. The topological polar surface area (TPSA) is 66.9 Å². The molecule has 3 nitrogen and oxygen atoms in total. The lowest BCUT2D eigenvalue weighted by atomic mass is 9.98. The maximum atomic E-state index is 12.5. The highest BCUT2D eigenvalue weighted by molar-refractivity contribution is 9.10. The molecular formula is C15H10BrClN2O. The summed E-state index contributed by atoms with van der Waals surface area (Å²) >= 11 is 9.31. The minimum absolute atomic E-state index is 0.118. The summed E-state index contributed by atoms with van der Waals surface area (Å²) in [6.45, 7) is 0. The molecule has 0 heterocycles. The van der Waals surface area contributed by atoms with Gasteiger partial charge in [0, 0.05) is 26.3 Å². The Labute approximate surface area is 130 Å². The predicted octanol–water partition coefficient (Wildman–Crippen LogP) is 3.98. The van der Waals surface area contributed by atoms with Crippen molar-refractivity contribution < 1.29 is 4.79 Å². The first-order valence-corrected chi connectivity index (χ1v) is 6.95. The third-order valence-electron chi connectivity index (χ3n) is 2.85. The van der Waals surface area contributed by atoms with Gasteiger partial charge in [0.15, 0.2) is 5.78 Å². The first-order valence-electron chi connectivity index (χ1n) is 5.78. The van der Waals surface area contributed by atoms with E-state index in [1.165, 1.54) is 6.07 Å². The van der Waals surface area contributed by atoms with Crippen molar-refractivity contribution in [1.29, 1.82) is 5.26 Å². The third kappa shape index (κ3) is 3.01. The van der Waals surface area contributed by atoms with E-state index >= 15 is 0 Å². The van der Waals surface area contributed by atoms with Crippen molar-refractivity contribution in [3.8, 4) is 6.07 Å². The second-order valence-corrected chi connectivity index (χ2v) is 5.55. The van der Waals surface area contributed by atoms with Gasteiger partial charge in [-0.25, -0.2) is 0 Å². The van der Waals surface area contributed by atoms with Crippen LogP contribution in [0, 0.1) is 11.3 Å². The van der Waals surface area contributed by atoms with Gasteiger partial charge in [0.05, 0.1) is 12.5 Å². The highest BCUT2D eigenvalue weighted by Gasteiger charge is 2.16. The maximum Gasteiger partial charge on any atom is 0.195 e. The molecule has 0 radical (unpaired) electrons. The van der Waals surface area contributed by atoms with Crippen LogP contribution in [0.3, 0.4) is 0 Å². The number of benzene rings is 2. The molecule has 0 saturated heterocycles. The molecule has 100 valence electrons. The molecule has 0 unspecified atom stereocenters. The molecule has 0 aromatic heterocycles. The number of hydrogen-bond donors (Lipinski definition) is 1. The molecule has 2 rings (SSSR count). The lowest BCUT2D eigenvalue weighted by molar-refractivity contribution is 0.103. The summed E-state index contributed by atoms with van der Waals surface area (Å²) in [5.41, 5.74) is 7.69. The van der Waals surface area contributed by atoms with Gasteiger partial charge in [0.25, 0.3) is 0 Å². The smallest absolute Gasteiger partial charge is 0.195 e. The number of carbonyl (C=O) groups is 1. The van der Waals surface area contributed by atoms with E-state index in [-0.39, 0.29) is 12.2 Å². The van der Waals surface area contributed by atoms with E-state index in [2.05, 4.69) is 15.9 Å². The molecule has 5 heteroatoms. The van der Waals surface area contributed by atoms with Gasteiger partial charge in [-0.2, -0.15) is 5.26 Å². The molecule has 0 amide bonds. The average molecular weight is 350 g/mol. The predicted molar refractivity (Wildman–Crippen MR) is 82.8 cm³/mol. The Balaban J connectivity index is 2.49. The van der Waals surface area contributed by atoms with Crippen molar-refractivity contribution in [2.75, 3.05) is 5.73 Å². The molecule has 2 aromatic carbocycles. The van der Waals surface area contributed by atoms with Crippen LogP contribution in [-0.4, -0.2) is 5.78 Å². The lowest BCUT2D eigenvalue weighted by Crippen LogP contribution is -2.08. The summed E-state index contributed by atoms with van der Waals surface area (Å²) in [5.74, 6) is -0.211. The third-order valence-corrected chi connectivity index (χ3v) is 3.60. The van der Waals surface area contributed by atoms with E-state index in [0.29, 0.717) is 27.4 Å². The molecule has 0 atom stereocenters. The van der Waals surface area contributed by atoms with Crippen molar-refractivity contribution in [2.24, 2.45) is 0 Å². The van der Waals surface area contributed by atoms with E-state index in [0.717, 1.165) is 4.47 Å². The molecule has 0 bridgehead atoms. The number of nitrogens with two attached hydrogens (primary N) is 1. The van der Waals surface area contributed by atoms with Crippen LogP contribution < -0.4 is 5.73 Å². The van der Waals surface area contributed by atoms with Crippen molar-refractivity contribution in [1.82, 2.24) is 0 Å². The molecule has 0 spiro atoms. The van der Waals surface area contributed by atoms with Gasteiger partial charge >= 0.3 is 0 Å². The van der Waals surface area contributed by atoms with Crippen molar-refractivity contribution >= 4 is 39.0 Å². The Morgan fingerprint density at radius 1 is 1.30 bits per heavy atom. The summed E-state index contributed by atoms with van der Waals surface area (Å²) in [7, 11) is 0. The van der Waals surface area contributed by atoms with Crippen LogP contribution in [0.4, 0.5) is 5.69 Å². The second-order valence-electron chi connectivity index (χ2n) is 4.20. The minimum atomic E-state index is -0.211. The number of rotatable bonds is 3. The lowest BCUT2D eigenvalue weighted by Gasteiger charge is -2.09. The second kappa shape index (κ2) is 6.08. The van der Waals surface area contributed by atoms with E-state index in [4.69, 9.17) is 22.6 Å². The molecule has 0 aliphatic heterocycles. The van der Waals surface area contributed by atoms with Crippen LogP contribution in [0.5, 0.6) is 0 Å². The highest BCUT2D eigenvalue weighted by atomic mass is 79.9. The molecule has 20 heavy (non-hydrogen) atoms. The van der Waals surface area contributed by atoms with Gasteiger partial charge in [0.2, 0.25) is 0 Å². The van der Waals surface area contributed by atoms with Crippen LogP contribution in [0.2, 0.25) is 5.02 Å². The molecule has 0 saturated carbocycles. The Morgan fingerprint density at radius 3 is 2.55 bits per heavy atom. The van der Waals surface area contributed by atoms with Gasteiger partial charge < -0.3 is 5.73 Å². The average Bonchev–Trinajstić information content (AvgIpc) is 2.43. The van der Waals surface area contributed by atoms with Crippen molar-refractivity contribution in [3.63, 3.8) is 0 Å². The standard InChI is InChI=1S/C15H10BrClN2O/c16-11-3-1-9(2-4-11)15(20)13-8-12(17)7-10(5-6-18)14(13)19/h1-4,7-8H,5,19H2. The Bertz CT molecular complexity index is 705. The number of anilines is 1. The van der Waals surface area contributed by atoms with Gasteiger partial charge in [-0.1, -0.05) is 27.5 Å². The van der Waals surface area contributed by atoms with E-state index in [1.54, 1.807) is 30.3 Å². The zero-order valence-electron chi connectivity index (χ0n) is 10.4. The van der Waals surface area contributed by atoms with Gasteiger partial charge in [0.1, 0.15) is 0 Å². The Morgan fingerprint density at radius 2 is 1.95 bits per heavy atom.